The van der Waals surface area contributed by atoms with E-state index in [1.54, 1.807) is 0 Å². The van der Waals surface area contributed by atoms with Crippen molar-refractivity contribution in [2.45, 2.75) is 51.0 Å². The maximum absolute atomic E-state index is 13.1. The van der Waals surface area contributed by atoms with Gasteiger partial charge in [0.2, 0.25) is 0 Å². The predicted octanol–water partition coefficient (Wildman–Crippen LogP) is 3.51. The van der Waals surface area contributed by atoms with Gasteiger partial charge in [-0.2, -0.15) is 0 Å². The molecule has 1 aromatic carbocycles. The van der Waals surface area contributed by atoms with Gasteiger partial charge in [-0.3, -0.25) is 4.79 Å². The van der Waals surface area contributed by atoms with Crippen LogP contribution in [0.2, 0.25) is 0 Å². The SMILES string of the molecule is O=C(c1cc2ccccc2[nH]1)N1CCCC(c2nnc3n2CCCCC3)C1. The Morgan fingerprint density at radius 1 is 1.07 bits per heavy atom. The summed E-state index contributed by atoms with van der Waals surface area (Å²) >= 11 is 0. The van der Waals surface area contributed by atoms with Crippen LogP contribution < -0.4 is 0 Å². The molecule has 1 unspecified atom stereocenters. The quantitative estimate of drug-likeness (QED) is 0.758. The maximum Gasteiger partial charge on any atom is 0.270 e. The van der Waals surface area contributed by atoms with Crippen molar-refractivity contribution in [2.24, 2.45) is 0 Å². The number of carbonyl (C=O) groups is 1. The fourth-order valence-corrected chi connectivity index (χ4v) is 4.54. The summed E-state index contributed by atoms with van der Waals surface area (Å²) in [4.78, 5) is 18.3. The lowest BCUT2D eigenvalue weighted by molar-refractivity contribution is 0.0698. The molecule has 6 nitrogen and oxygen atoms in total. The van der Waals surface area contributed by atoms with E-state index >= 15 is 0 Å². The van der Waals surface area contributed by atoms with E-state index in [9.17, 15) is 4.79 Å². The van der Waals surface area contributed by atoms with Crippen LogP contribution in [0.25, 0.3) is 10.9 Å². The number of para-hydroxylation sites is 1. The lowest BCUT2D eigenvalue weighted by atomic mass is 9.96. The van der Waals surface area contributed by atoms with Crippen LogP contribution in [-0.4, -0.2) is 43.6 Å². The molecule has 1 atom stereocenters. The van der Waals surface area contributed by atoms with E-state index < -0.39 is 0 Å². The van der Waals surface area contributed by atoms with Gasteiger partial charge in [-0.1, -0.05) is 24.6 Å². The van der Waals surface area contributed by atoms with Gasteiger partial charge in [0.05, 0.1) is 0 Å². The van der Waals surface area contributed by atoms with Crippen LogP contribution in [0.4, 0.5) is 0 Å². The Morgan fingerprint density at radius 2 is 2.00 bits per heavy atom. The van der Waals surface area contributed by atoms with E-state index in [2.05, 4.69) is 19.7 Å². The van der Waals surface area contributed by atoms with Gasteiger partial charge in [-0.25, -0.2) is 0 Å². The molecular formula is C21H25N5O. The number of likely N-dealkylation sites (tertiary alicyclic amines) is 1. The molecule has 1 fully saturated rings. The minimum atomic E-state index is 0.0894. The van der Waals surface area contributed by atoms with Crippen LogP contribution in [0.1, 0.15) is 60.2 Å². The molecule has 1 saturated heterocycles. The summed E-state index contributed by atoms with van der Waals surface area (Å²) in [6, 6.07) is 9.99. The molecule has 0 bridgehead atoms. The number of rotatable bonds is 2. The van der Waals surface area contributed by atoms with Crippen LogP contribution in [0.3, 0.4) is 0 Å². The minimum Gasteiger partial charge on any atom is -0.351 e. The average molecular weight is 363 g/mol. The molecule has 2 aliphatic heterocycles. The zero-order chi connectivity index (χ0) is 18.2. The first kappa shape index (κ1) is 16.5. The third kappa shape index (κ3) is 3.03. The Morgan fingerprint density at radius 3 is 2.93 bits per heavy atom. The smallest absolute Gasteiger partial charge is 0.270 e. The molecule has 5 rings (SSSR count). The first-order valence-corrected chi connectivity index (χ1v) is 10.1. The second-order valence-electron chi connectivity index (χ2n) is 7.80. The number of hydrogen-bond donors (Lipinski definition) is 1. The average Bonchev–Trinajstić information content (AvgIpc) is 3.25. The summed E-state index contributed by atoms with van der Waals surface area (Å²) in [5.41, 5.74) is 1.69. The van der Waals surface area contributed by atoms with Crippen molar-refractivity contribution in [3.05, 3.63) is 47.7 Å². The summed E-state index contributed by atoms with van der Waals surface area (Å²) in [7, 11) is 0. The molecule has 2 aromatic heterocycles. The zero-order valence-electron chi connectivity index (χ0n) is 15.5. The third-order valence-corrected chi connectivity index (χ3v) is 5.97. The van der Waals surface area contributed by atoms with Crippen molar-refractivity contribution in [1.82, 2.24) is 24.6 Å². The number of amides is 1. The predicted molar refractivity (Wildman–Crippen MR) is 104 cm³/mol. The normalized spacial score (nSPS) is 20.4. The molecule has 6 heteroatoms. The van der Waals surface area contributed by atoms with E-state index in [1.807, 2.05) is 35.2 Å². The van der Waals surface area contributed by atoms with Crippen LogP contribution in [-0.2, 0) is 13.0 Å². The van der Waals surface area contributed by atoms with E-state index in [-0.39, 0.29) is 11.8 Å². The lowest BCUT2D eigenvalue weighted by Crippen LogP contribution is -2.40. The standard InChI is InChI=1S/C21H25N5O/c27-21(18-13-15-7-3-4-9-17(15)22-18)25-11-6-8-16(14-25)20-24-23-19-10-2-1-5-12-26(19)20/h3-4,7,9,13,16,22H,1-2,5-6,8,10-12,14H2. The number of benzene rings is 1. The molecule has 27 heavy (non-hydrogen) atoms. The fourth-order valence-electron chi connectivity index (χ4n) is 4.54. The van der Waals surface area contributed by atoms with Crippen molar-refractivity contribution in [3.8, 4) is 0 Å². The largest absolute Gasteiger partial charge is 0.351 e. The molecule has 1 amide bonds. The van der Waals surface area contributed by atoms with Crippen molar-refractivity contribution in [3.63, 3.8) is 0 Å². The second-order valence-corrected chi connectivity index (χ2v) is 7.80. The Labute approximate surface area is 158 Å². The van der Waals surface area contributed by atoms with Crippen LogP contribution >= 0.6 is 0 Å². The van der Waals surface area contributed by atoms with E-state index in [4.69, 9.17) is 0 Å². The summed E-state index contributed by atoms with van der Waals surface area (Å²) < 4.78 is 2.33. The Balaban J connectivity index is 1.38. The number of hydrogen-bond acceptors (Lipinski definition) is 3. The Kier molecular flexibility index (Phi) is 4.19. The lowest BCUT2D eigenvalue weighted by Gasteiger charge is -2.32. The topological polar surface area (TPSA) is 66.8 Å². The van der Waals surface area contributed by atoms with Crippen molar-refractivity contribution in [1.29, 1.82) is 0 Å². The monoisotopic (exact) mass is 363 g/mol. The van der Waals surface area contributed by atoms with Crippen LogP contribution in [0.5, 0.6) is 0 Å². The van der Waals surface area contributed by atoms with E-state index in [0.29, 0.717) is 5.69 Å². The van der Waals surface area contributed by atoms with Gasteiger partial charge in [0.25, 0.3) is 5.91 Å². The fraction of sp³-hybridized carbons (Fsp3) is 0.476. The molecule has 3 aromatic rings. The molecule has 0 aliphatic carbocycles. The molecule has 140 valence electrons. The molecule has 4 heterocycles. The molecule has 2 aliphatic rings. The molecular weight excluding hydrogens is 338 g/mol. The summed E-state index contributed by atoms with van der Waals surface area (Å²) in [6.45, 7) is 2.56. The maximum atomic E-state index is 13.1. The molecule has 0 radical (unpaired) electrons. The number of H-pyrrole nitrogens is 1. The Bertz CT molecular complexity index is 939. The number of carbonyl (C=O) groups excluding carboxylic acids is 1. The van der Waals surface area contributed by atoms with Crippen molar-refractivity contribution < 1.29 is 4.79 Å². The molecule has 0 saturated carbocycles. The van der Waals surface area contributed by atoms with Gasteiger partial charge < -0.3 is 14.5 Å². The number of fused-ring (bicyclic) bond motifs is 2. The van der Waals surface area contributed by atoms with Gasteiger partial charge in [-0.05, 0) is 37.8 Å². The van der Waals surface area contributed by atoms with Gasteiger partial charge in [0.1, 0.15) is 17.3 Å². The highest BCUT2D eigenvalue weighted by Gasteiger charge is 2.30. The minimum absolute atomic E-state index is 0.0894. The van der Waals surface area contributed by atoms with Crippen LogP contribution in [0, 0.1) is 0 Å². The zero-order valence-corrected chi connectivity index (χ0v) is 15.5. The number of nitrogens with zero attached hydrogens (tertiary/aromatic N) is 4. The van der Waals surface area contributed by atoms with Crippen molar-refractivity contribution in [2.75, 3.05) is 13.1 Å². The second kappa shape index (κ2) is 6.83. The highest BCUT2D eigenvalue weighted by atomic mass is 16.2. The van der Waals surface area contributed by atoms with Crippen molar-refractivity contribution >= 4 is 16.8 Å². The number of aromatic amines is 1. The van der Waals surface area contributed by atoms with Crippen LogP contribution in [0.15, 0.2) is 30.3 Å². The third-order valence-electron chi connectivity index (χ3n) is 5.97. The molecule has 1 N–H and O–H groups in total. The van der Waals surface area contributed by atoms with Gasteiger partial charge in [0, 0.05) is 42.9 Å². The highest BCUT2D eigenvalue weighted by molar-refractivity contribution is 5.98. The first-order valence-electron chi connectivity index (χ1n) is 10.1. The summed E-state index contributed by atoms with van der Waals surface area (Å²) in [5, 5.41) is 10.1. The van der Waals surface area contributed by atoms with E-state index in [0.717, 1.165) is 61.4 Å². The first-order chi connectivity index (χ1) is 13.3. The van der Waals surface area contributed by atoms with Gasteiger partial charge >= 0.3 is 0 Å². The van der Waals surface area contributed by atoms with E-state index in [1.165, 1.54) is 19.3 Å². The number of piperidine rings is 1. The number of nitrogens with one attached hydrogen (secondary N) is 1. The number of aryl methyl sites for hydroxylation is 1. The van der Waals surface area contributed by atoms with Gasteiger partial charge in [0.15, 0.2) is 0 Å². The summed E-state index contributed by atoms with van der Waals surface area (Å²) in [6.07, 6.45) is 6.78. The Hall–Kier alpha value is -2.63. The number of aromatic nitrogens is 4. The highest BCUT2D eigenvalue weighted by Crippen LogP contribution is 2.29. The summed E-state index contributed by atoms with van der Waals surface area (Å²) in [5.74, 6) is 2.58. The molecule has 0 spiro atoms. The van der Waals surface area contributed by atoms with Gasteiger partial charge in [-0.15, -0.1) is 10.2 Å².